The molecule has 0 saturated heterocycles. The molecular weight excluding hydrogens is 906 g/mol. The number of hydrogen-bond acceptors (Lipinski definition) is 16. The van der Waals surface area contributed by atoms with E-state index < -0.39 is 120 Å². The van der Waals surface area contributed by atoms with Crippen LogP contribution in [0.4, 0.5) is 0 Å². The Kier molecular flexibility index (Phi) is 29.6. The van der Waals surface area contributed by atoms with Gasteiger partial charge in [-0.25, -0.2) is 9.13 Å². The van der Waals surface area contributed by atoms with Crippen LogP contribution in [0.5, 0.6) is 0 Å². The predicted molar refractivity (Wildman–Crippen MR) is 242 cm³/mol. The summed E-state index contributed by atoms with van der Waals surface area (Å²) in [5, 5.41) is 68.0. The molecule has 2 aliphatic rings. The Morgan fingerprint density at radius 3 is 2.18 bits per heavy atom. The van der Waals surface area contributed by atoms with Crippen LogP contribution < -0.4 is 0 Å². The smallest absolute Gasteiger partial charge is 0.462 e. The van der Waals surface area contributed by atoms with Crippen LogP contribution in [0, 0.1) is 11.8 Å². The molecule has 66 heavy (non-hydrogen) atoms. The number of allylic oxidation sites excluding steroid dienone is 4. The highest BCUT2D eigenvalue weighted by molar-refractivity contribution is 7.47. The first kappa shape index (κ1) is 59.9. The number of ether oxygens (including phenoxy) is 2. The van der Waals surface area contributed by atoms with Gasteiger partial charge in [0.15, 0.2) is 6.10 Å². The Labute approximate surface area is 389 Å². The van der Waals surface area contributed by atoms with Crippen LogP contribution in [0.15, 0.2) is 36.5 Å². The number of esters is 2. The monoisotopic (exact) mass is 984 g/mol. The van der Waals surface area contributed by atoms with Crippen molar-refractivity contribution in [2.24, 2.45) is 11.8 Å². The Hall–Kier alpha value is -2.19. The molecule has 0 aromatic rings. The zero-order valence-corrected chi connectivity index (χ0v) is 40.4. The summed E-state index contributed by atoms with van der Waals surface area (Å²) in [4.78, 5) is 70.2. The number of hydrogen-bond donors (Lipinski definition) is 9. The van der Waals surface area contributed by atoms with Crippen LogP contribution >= 0.6 is 15.6 Å². The minimum absolute atomic E-state index is 0.0410. The lowest BCUT2D eigenvalue weighted by Gasteiger charge is -2.38. The van der Waals surface area contributed by atoms with Gasteiger partial charge in [0.1, 0.15) is 36.8 Å². The van der Waals surface area contributed by atoms with Crippen LogP contribution in [0.3, 0.4) is 0 Å². The molecule has 0 spiro atoms. The lowest BCUT2D eigenvalue weighted by atomic mass is 9.84. The molecule has 1 aliphatic carbocycles. The van der Waals surface area contributed by atoms with Crippen molar-refractivity contribution in [1.29, 1.82) is 0 Å². The standard InChI is InChI=1S/C45H78O19P2/c1-3-5-7-8-9-10-11-12-13-14-15-16-21-25-38(49)60-30-33-31-61-66(58,59)64-45-43(54)42(53)40(51)34(24-20-17-18-22-26-39(50)62-33)36(47)29-37(48)35(28-27-32(46)23-19-6-4-2)41(52)44(45)63-65(55,56)57/h10-11,17,20,27-28,32-35,37,40-46,48,51-54H,3-9,12-16,18-19,21-26,29-31H2,1-2H3,(H,58,59)(H2,55,56,57)/b11-10-,20-17-,28-27+/t32-,33+,34-,35-,37+,40+,41+,42-,43+,44+,45-/m0/s1. The van der Waals surface area contributed by atoms with Crippen molar-refractivity contribution >= 4 is 33.4 Å². The van der Waals surface area contributed by atoms with Gasteiger partial charge in [-0.2, -0.15) is 0 Å². The molecule has 382 valence electrons. The van der Waals surface area contributed by atoms with Gasteiger partial charge in [0.2, 0.25) is 0 Å². The average molecular weight is 985 g/mol. The SMILES string of the molecule is CCCCCC/C=C\CCCCCCCC(=O)OC[C@@H]1COP(=O)(O)O[C@H]2[C@H](O)[C@@H](O)[C@H](O)[C@@H](C/C=C\CCCC(=O)O1)C(=O)C[C@@H](O)[C@H](/C=C/[C@@H](O)CCCCC)[C@@H](O)[C@H]2OP(=O)(O)O. The van der Waals surface area contributed by atoms with E-state index in [-0.39, 0.29) is 38.5 Å². The number of unbranched alkanes of at least 4 members (excludes halogenated alkanes) is 11. The molecule has 0 amide bonds. The van der Waals surface area contributed by atoms with Crippen molar-refractivity contribution in [3.05, 3.63) is 36.5 Å². The van der Waals surface area contributed by atoms with Gasteiger partial charge in [0.25, 0.3) is 0 Å². The number of aliphatic hydroxyl groups excluding tert-OH is 6. The molecule has 1 saturated carbocycles. The van der Waals surface area contributed by atoms with Crippen molar-refractivity contribution in [3.8, 4) is 0 Å². The lowest BCUT2D eigenvalue weighted by Crippen LogP contribution is -2.56. The number of carbonyl (C=O) groups excluding carboxylic acids is 3. The van der Waals surface area contributed by atoms with Gasteiger partial charge in [-0.05, 0) is 57.8 Å². The number of ketones is 1. The Morgan fingerprint density at radius 1 is 0.879 bits per heavy atom. The maximum atomic E-state index is 13.7. The maximum absolute atomic E-state index is 13.7. The third-order valence-electron chi connectivity index (χ3n) is 11.5. The third kappa shape index (κ3) is 24.4. The van der Waals surface area contributed by atoms with Gasteiger partial charge in [-0.3, -0.25) is 28.0 Å². The molecular formula is C45H78O19P2. The Morgan fingerprint density at radius 2 is 1.52 bits per heavy atom. The van der Waals surface area contributed by atoms with E-state index >= 15 is 0 Å². The molecule has 1 aliphatic heterocycles. The summed E-state index contributed by atoms with van der Waals surface area (Å²) in [7, 11) is -11.5. The minimum Gasteiger partial charge on any atom is -0.462 e. The van der Waals surface area contributed by atoms with Crippen molar-refractivity contribution in [1.82, 2.24) is 0 Å². The van der Waals surface area contributed by atoms with Crippen molar-refractivity contribution < 1.29 is 91.9 Å². The highest BCUT2D eigenvalue weighted by Gasteiger charge is 2.51. The number of cyclic esters (lactones) is 1. The molecule has 21 heteroatoms. The zero-order chi connectivity index (χ0) is 49.1. The topological polar surface area (TPSA) is 314 Å². The molecule has 19 nitrogen and oxygen atoms in total. The first-order valence-corrected chi connectivity index (χ1v) is 26.7. The predicted octanol–water partition coefficient (Wildman–Crippen LogP) is 5.32. The first-order valence-electron chi connectivity index (χ1n) is 23.6. The molecule has 1 fully saturated rings. The molecule has 0 aromatic heterocycles. The summed E-state index contributed by atoms with van der Waals surface area (Å²) in [6.45, 7) is 2.51. The van der Waals surface area contributed by atoms with Gasteiger partial charge in [-0.1, -0.05) is 108 Å². The number of carbonyl (C=O) groups is 3. The van der Waals surface area contributed by atoms with Gasteiger partial charge in [0, 0.05) is 31.1 Å². The second-order valence-corrected chi connectivity index (χ2v) is 19.8. The number of Topliss-reactive ketones (excluding diaryl/α,β-unsaturated/α-hetero) is 1. The van der Waals surface area contributed by atoms with Crippen LogP contribution in [-0.2, 0) is 46.6 Å². The fourth-order valence-corrected chi connectivity index (χ4v) is 9.25. The molecule has 0 aromatic carbocycles. The quantitative estimate of drug-likeness (QED) is 0.0271. The summed E-state index contributed by atoms with van der Waals surface area (Å²) in [5.74, 6) is -5.66. The van der Waals surface area contributed by atoms with E-state index in [0.29, 0.717) is 12.8 Å². The van der Waals surface area contributed by atoms with E-state index in [9.17, 15) is 68.8 Å². The number of phosphoric acid groups is 2. The summed E-state index contributed by atoms with van der Waals surface area (Å²) >= 11 is 0. The molecule has 2 bridgehead atoms. The molecule has 9 N–H and O–H groups in total. The first-order chi connectivity index (χ1) is 31.3. The highest BCUT2D eigenvalue weighted by atomic mass is 31.2. The summed E-state index contributed by atoms with van der Waals surface area (Å²) < 4.78 is 52.0. The molecule has 12 atom stereocenters. The van der Waals surface area contributed by atoms with E-state index in [2.05, 4.69) is 19.1 Å². The third-order valence-corrected chi connectivity index (χ3v) is 13.1. The molecule has 1 unspecified atom stereocenters. The van der Waals surface area contributed by atoms with Crippen molar-refractivity contribution in [2.75, 3.05) is 13.2 Å². The number of aliphatic hydroxyl groups is 6. The second kappa shape index (κ2) is 32.6. The average Bonchev–Trinajstić information content (AvgIpc) is 3.25. The van der Waals surface area contributed by atoms with E-state index in [1.165, 1.54) is 31.8 Å². The second-order valence-electron chi connectivity index (χ2n) is 17.2. The number of phosphoric ester groups is 2. The van der Waals surface area contributed by atoms with Crippen LogP contribution in [0.2, 0.25) is 0 Å². The Balaban J connectivity index is 2.37. The van der Waals surface area contributed by atoms with Gasteiger partial charge in [0.05, 0.1) is 31.0 Å². The molecule has 0 radical (unpaired) electrons. The number of fused-ring (bicyclic) bond motifs is 4. The molecule has 2 rings (SSSR count). The van der Waals surface area contributed by atoms with Crippen molar-refractivity contribution in [2.45, 2.75) is 204 Å². The van der Waals surface area contributed by atoms with Gasteiger partial charge in [-0.15, -0.1) is 0 Å². The van der Waals surface area contributed by atoms with E-state index in [4.69, 9.17) is 23.0 Å². The maximum Gasteiger partial charge on any atom is 0.472 e. The van der Waals surface area contributed by atoms with Crippen LogP contribution in [0.1, 0.15) is 149 Å². The number of rotatable bonds is 23. The molecule has 1 heterocycles. The van der Waals surface area contributed by atoms with Gasteiger partial charge < -0.3 is 54.8 Å². The fraction of sp³-hybridized carbons (Fsp3) is 0.800. The summed E-state index contributed by atoms with van der Waals surface area (Å²) in [6.07, 6.45) is 2.75. The Bertz CT molecular complexity index is 1580. The summed E-state index contributed by atoms with van der Waals surface area (Å²) in [6, 6.07) is 0. The zero-order valence-electron chi connectivity index (χ0n) is 38.6. The van der Waals surface area contributed by atoms with Crippen molar-refractivity contribution in [3.63, 3.8) is 0 Å². The van der Waals surface area contributed by atoms with Crippen LogP contribution in [-0.4, -0.2) is 131 Å². The fourth-order valence-electron chi connectivity index (χ4n) is 7.72. The van der Waals surface area contributed by atoms with Gasteiger partial charge >= 0.3 is 27.6 Å². The van der Waals surface area contributed by atoms with E-state index in [1.54, 1.807) is 6.08 Å². The lowest BCUT2D eigenvalue weighted by molar-refractivity contribution is -0.165. The largest absolute Gasteiger partial charge is 0.472 e. The summed E-state index contributed by atoms with van der Waals surface area (Å²) in [5.41, 5.74) is 0. The van der Waals surface area contributed by atoms with E-state index in [0.717, 1.165) is 63.5 Å². The van der Waals surface area contributed by atoms with Crippen LogP contribution in [0.25, 0.3) is 0 Å². The minimum atomic E-state index is -5.78. The highest BCUT2D eigenvalue weighted by Crippen LogP contribution is 2.49. The normalized spacial score (nSPS) is 31.3. The van der Waals surface area contributed by atoms with E-state index in [1.807, 2.05) is 6.92 Å².